The molecular formula is C20H22N2O5. The molecule has 2 aliphatic rings. The van der Waals surface area contributed by atoms with Crippen LogP contribution in [-0.2, 0) is 23.9 Å². The second kappa shape index (κ2) is 7.73. The molecule has 0 spiro atoms. The van der Waals surface area contributed by atoms with Crippen molar-refractivity contribution in [2.45, 2.75) is 32.7 Å². The highest BCUT2D eigenvalue weighted by Gasteiger charge is 2.50. The number of fused-ring (bicyclic) bond motifs is 1. The second-order valence-electron chi connectivity index (χ2n) is 6.90. The third-order valence-corrected chi connectivity index (χ3v) is 4.95. The van der Waals surface area contributed by atoms with Gasteiger partial charge in [0.15, 0.2) is 6.61 Å². The lowest BCUT2D eigenvalue weighted by molar-refractivity contribution is -0.159. The fourth-order valence-corrected chi connectivity index (χ4v) is 3.40. The van der Waals surface area contributed by atoms with Gasteiger partial charge in [0.2, 0.25) is 11.8 Å². The maximum atomic E-state index is 12.5. The maximum Gasteiger partial charge on any atom is 0.329 e. The Morgan fingerprint density at radius 1 is 1.11 bits per heavy atom. The summed E-state index contributed by atoms with van der Waals surface area (Å²) in [5.74, 6) is -2.75. The number of nitrogens with one attached hydrogen (secondary N) is 1. The van der Waals surface area contributed by atoms with Gasteiger partial charge in [-0.1, -0.05) is 29.8 Å². The predicted octanol–water partition coefficient (Wildman–Crippen LogP) is 1.82. The topological polar surface area (TPSA) is 92.8 Å². The number of carbonyl (C=O) groups is 4. The molecular weight excluding hydrogens is 348 g/mol. The minimum Gasteiger partial charge on any atom is -0.454 e. The van der Waals surface area contributed by atoms with Gasteiger partial charge >= 0.3 is 5.97 Å². The predicted molar refractivity (Wildman–Crippen MR) is 97.4 cm³/mol. The van der Waals surface area contributed by atoms with E-state index in [0.717, 1.165) is 10.5 Å². The number of likely N-dealkylation sites (tertiary alicyclic amines) is 1. The molecule has 1 aromatic carbocycles. The van der Waals surface area contributed by atoms with Crippen LogP contribution in [0.4, 0.5) is 5.69 Å². The molecule has 1 fully saturated rings. The average Bonchev–Trinajstić information content (AvgIpc) is 2.92. The van der Waals surface area contributed by atoms with Gasteiger partial charge in [0, 0.05) is 5.69 Å². The number of imide groups is 1. The van der Waals surface area contributed by atoms with Crippen LogP contribution < -0.4 is 5.32 Å². The lowest BCUT2D eigenvalue weighted by atomic mass is 9.85. The molecule has 0 aromatic heterocycles. The minimum absolute atomic E-state index is 0.345. The molecule has 3 rings (SSSR count). The van der Waals surface area contributed by atoms with E-state index in [1.165, 1.54) is 6.92 Å². The Morgan fingerprint density at radius 3 is 2.22 bits per heavy atom. The van der Waals surface area contributed by atoms with E-state index in [2.05, 4.69) is 5.32 Å². The van der Waals surface area contributed by atoms with Gasteiger partial charge in [-0.25, -0.2) is 4.79 Å². The number of rotatable bonds is 5. The fourth-order valence-electron chi connectivity index (χ4n) is 3.40. The van der Waals surface area contributed by atoms with Crippen molar-refractivity contribution in [3.63, 3.8) is 0 Å². The molecule has 3 amide bonds. The Balaban J connectivity index is 1.54. The molecule has 7 heteroatoms. The first-order chi connectivity index (χ1) is 12.9. The quantitative estimate of drug-likeness (QED) is 0.485. The number of allylic oxidation sites excluding steroid dienone is 2. The second-order valence-corrected chi connectivity index (χ2v) is 6.90. The molecule has 27 heavy (non-hydrogen) atoms. The molecule has 142 valence electrons. The highest BCUT2D eigenvalue weighted by molar-refractivity contribution is 6.08. The zero-order valence-corrected chi connectivity index (χ0v) is 15.3. The summed E-state index contributed by atoms with van der Waals surface area (Å²) in [6.07, 6.45) is 4.78. The van der Waals surface area contributed by atoms with E-state index in [4.69, 9.17) is 4.74 Å². The highest BCUT2D eigenvalue weighted by atomic mass is 16.5. The van der Waals surface area contributed by atoms with Crippen LogP contribution in [0.1, 0.15) is 25.3 Å². The van der Waals surface area contributed by atoms with Gasteiger partial charge in [0.1, 0.15) is 6.04 Å². The largest absolute Gasteiger partial charge is 0.454 e. The van der Waals surface area contributed by atoms with Gasteiger partial charge in [-0.2, -0.15) is 0 Å². The number of anilines is 1. The normalized spacial score (nSPS) is 22.4. The van der Waals surface area contributed by atoms with Crippen molar-refractivity contribution in [3.05, 3.63) is 42.0 Å². The van der Waals surface area contributed by atoms with Crippen LogP contribution in [0.15, 0.2) is 36.4 Å². The minimum atomic E-state index is -1.05. The number of nitrogens with zero attached hydrogens (tertiary/aromatic N) is 1. The number of ether oxygens (including phenoxy) is 1. The lowest BCUT2D eigenvalue weighted by Crippen LogP contribution is -2.45. The number of carbonyl (C=O) groups excluding carboxylic acids is 4. The summed E-state index contributed by atoms with van der Waals surface area (Å²) in [5.41, 5.74) is 1.65. The molecule has 0 saturated carbocycles. The first-order valence-electron chi connectivity index (χ1n) is 8.93. The Labute approximate surface area is 157 Å². The van der Waals surface area contributed by atoms with E-state index in [1.54, 1.807) is 12.1 Å². The van der Waals surface area contributed by atoms with Gasteiger partial charge in [-0.15, -0.1) is 0 Å². The number of aryl methyl sites for hydroxylation is 1. The average molecular weight is 370 g/mol. The van der Waals surface area contributed by atoms with Crippen LogP contribution in [-0.4, -0.2) is 41.2 Å². The number of amides is 3. The Hall–Kier alpha value is -2.96. The third kappa shape index (κ3) is 3.92. The number of hydrogen-bond acceptors (Lipinski definition) is 5. The molecule has 1 saturated heterocycles. The summed E-state index contributed by atoms with van der Waals surface area (Å²) < 4.78 is 5.01. The van der Waals surface area contributed by atoms with Crippen molar-refractivity contribution in [2.24, 2.45) is 11.8 Å². The summed E-state index contributed by atoms with van der Waals surface area (Å²) in [7, 11) is 0. The molecule has 1 aromatic rings. The van der Waals surface area contributed by atoms with Crippen LogP contribution in [0.2, 0.25) is 0 Å². The third-order valence-electron chi connectivity index (χ3n) is 4.95. The van der Waals surface area contributed by atoms with Gasteiger partial charge in [-0.05, 0) is 38.8 Å². The first-order valence-corrected chi connectivity index (χ1v) is 8.93. The van der Waals surface area contributed by atoms with Crippen LogP contribution in [0.5, 0.6) is 0 Å². The van der Waals surface area contributed by atoms with Crippen molar-refractivity contribution >= 4 is 29.4 Å². The molecule has 1 N–H and O–H groups in total. The number of hydrogen-bond donors (Lipinski definition) is 1. The van der Waals surface area contributed by atoms with Crippen LogP contribution in [0.25, 0.3) is 0 Å². The van der Waals surface area contributed by atoms with E-state index in [-0.39, 0.29) is 11.8 Å². The summed E-state index contributed by atoms with van der Waals surface area (Å²) in [6.45, 7) is 2.89. The van der Waals surface area contributed by atoms with Crippen molar-refractivity contribution in [3.8, 4) is 0 Å². The van der Waals surface area contributed by atoms with Crippen LogP contribution in [0, 0.1) is 18.8 Å². The van der Waals surface area contributed by atoms with Gasteiger partial charge in [0.05, 0.1) is 11.8 Å². The zero-order valence-electron chi connectivity index (χ0n) is 15.3. The maximum absolute atomic E-state index is 12.5. The number of benzene rings is 1. The van der Waals surface area contributed by atoms with Gasteiger partial charge in [0.25, 0.3) is 5.91 Å². The smallest absolute Gasteiger partial charge is 0.329 e. The summed E-state index contributed by atoms with van der Waals surface area (Å²) >= 11 is 0. The lowest BCUT2D eigenvalue weighted by Gasteiger charge is -2.21. The molecule has 0 unspecified atom stereocenters. The summed E-state index contributed by atoms with van der Waals surface area (Å²) in [5, 5.41) is 2.62. The standard InChI is InChI=1S/C20H22N2O5/c1-12-7-9-14(10-8-12)21-17(23)11-27-20(26)13(2)22-18(24)15-5-3-4-6-16(15)19(22)25/h3-4,7-10,13,15-16H,5-6,11H2,1-2H3,(H,21,23)/t13-,15-,16+/m0/s1. The molecule has 1 heterocycles. The van der Waals surface area contributed by atoms with E-state index >= 15 is 0 Å². The molecule has 3 atom stereocenters. The van der Waals surface area contributed by atoms with E-state index < -0.39 is 36.4 Å². The van der Waals surface area contributed by atoms with Gasteiger partial charge < -0.3 is 10.1 Å². The monoisotopic (exact) mass is 370 g/mol. The van der Waals surface area contributed by atoms with Gasteiger partial charge in [-0.3, -0.25) is 19.3 Å². The van der Waals surface area contributed by atoms with Crippen molar-refractivity contribution in [1.29, 1.82) is 0 Å². The fraction of sp³-hybridized carbons (Fsp3) is 0.400. The Bertz CT molecular complexity index is 773. The zero-order chi connectivity index (χ0) is 19.6. The van der Waals surface area contributed by atoms with Crippen LogP contribution in [0.3, 0.4) is 0 Å². The first kappa shape index (κ1) is 18.8. The van der Waals surface area contributed by atoms with E-state index in [0.29, 0.717) is 18.5 Å². The Morgan fingerprint density at radius 2 is 1.67 bits per heavy atom. The van der Waals surface area contributed by atoms with E-state index in [1.807, 2.05) is 31.2 Å². The molecule has 0 radical (unpaired) electrons. The van der Waals surface area contributed by atoms with Crippen molar-refractivity contribution < 1.29 is 23.9 Å². The summed E-state index contributed by atoms with van der Waals surface area (Å²) in [4.78, 5) is 50.2. The molecule has 1 aliphatic carbocycles. The SMILES string of the molecule is Cc1ccc(NC(=O)COC(=O)[C@H](C)N2C(=O)[C@H]3CC=CC[C@H]3C2=O)cc1. The van der Waals surface area contributed by atoms with Crippen molar-refractivity contribution in [1.82, 2.24) is 4.90 Å². The number of esters is 1. The molecule has 1 aliphatic heterocycles. The summed E-state index contributed by atoms with van der Waals surface area (Å²) in [6, 6.07) is 6.14. The molecule has 0 bridgehead atoms. The Kier molecular flexibility index (Phi) is 5.39. The van der Waals surface area contributed by atoms with E-state index in [9.17, 15) is 19.2 Å². The highest BCUT2D eigenvalue weighted by Crippen LogP contribution is 2.36. The molecule has 7 nitrogen and oxygen atoms in total. The van der Waals surface area contributed by atoms with Crippen LogP contribution >= 0.6 is 0 Å². The van der Waals surface area contributed by atoms with Crippen molar-refractivity contribution in [2.75, 3.05) is 11.9 Å².